The molecule has 0 heterocycles. The third-order valence-corrected chi connectivity index (χ3v) is 3.37. The van der Waals surface area contributed by atoms with Crippen LogP contribution >= 0.6 is 0 Å². The number of rotatable bonds is 3. The van der Waals surface area contributed by atoms with Gasteiger partial charge in [-0.3, -0.25) is 4.79 Å². The number of ether oxygens (including phenoxy) is 1. The number of amides is 1. The molecule has 102 valence electrons. The van der Waals surface area contributed by atoms with Crippen LogP contribution in [0.4, 0.5) is 10.1 Å². The van der Waals surface area contributed by atoms with Gasteiger partial charge in [0.15, 0.2) is 0 Å². The minimum absolute atomic E-state index is 0.0276. The van der Waals surface area contributed by atoms with E-state index in [-0.39, 0.29) is 23.1 Å². The average molecular weight is 265 g/mol. The van der Waals surface area contributed by atoms with E-state index in [1.54, 1.807) is 0 Å². The fourth-order valence-electron chi connectivity index (χ4n) is 2.29. The summed E-state index contributed by atoms with van der Waals surface area (Å²) < 4.78 is 18.2. The molecule has 5 heteroatoms. The summed E-state index contributed by atoms with van der Waals surface area (Å²) in [4.78, 5) is 23.3. The number of nitrogens with one attached hydrogen (secondary N) is 1. The molecule has 0 spiro atoms. The zero-order valence-corrected chi connectivity index (χ0v) is 10.7. The number of carbonyl (C=O) groups excluding carboxylic acids is 2. The molecule has 1 aromatic rings. The summed E-state index contributed by atoms with van der Waals surface area (Å²) >= 11 is 0. The molecule has 0 unspecified atom stereocenters. The van der Waals surface area contributed by atoms with Crippen LogP contribution in [0.2, 0.25) is 0 Å². The Hall–Kier alpha value is -1.91. The van der Waals surface area contributed by atoms with Crippen LogP contribution in [0.5, 0.6) is 0 Å². The molecule has 19 heavy (non-hydrogen) atoms. The summed E-state index contributed by atoms with van der Waals surface area (Å²) in [5, 5.41) is 2.55. The lowest BCUT2D eigenvalue weighted by Gasteiger charge is -2.11. The van der Waals surface area contributed by atoms with Gasteiger partial charge in [0.25, 0.3) is 0 Å². The van der Waals surface area contributed by atoms with Crippen LogP contribution in [0.15, 0.2) is 18.2 Å². The topological polar surface area (TPSA) is 55.4 Å². The van der Waals surface area contributed by atoms with Crippen molar-refractivity contribution in [3.63, 3.8) is 0 Å². The van der Waals surface area contributed by atoms with Gasteiger partial charge in [0.2, 0.25) is 5.91 Å². The zero-order valence-electron chi connectivity index (χ0n) is 10.7. The molecule has 1 aromatic carbocycles. The van der Waals surface area contributed by atoms with Crippen molar-refractivity contribution in [2.45, 2.75) is 25.7 Å². The molecule has 0 atom stereocenters. The highest BCUT2D eigenvalue weighted by Gasteiger charge is 2.23. The molecule has 1 saturated carbocycles. The number of benzene rings is 1. The quantitative estimate of drug-likeness (QED) is 0.855. The van der Waals surface area contributed by atoms with Gasteiger partial charge >= 0.3 is 5.97 Å². The molecular formula is C14H16FNO3. The minimum Gasteiger partial charge on any atom is -0.465 e. The Morgan fingerprint density at radius 1 is 1.32 bits per heavy atom. The van der Waals surface area contributed by atoms with Crippen LogP contribution in [-0.2, 0) is 9.53 Å². The van der Waals surface area contributed by atoms with Crippen molar-refractivity contribution in [3.8, 4) is 0 Å². The van der Waals surface area contributed by atoms with Crippen molar-refractivity contribution in [1.29, 1.82) is 0 Å². The summed E-state index contributed by atoms with van der Waals surface area (Å²) in [7, 11) is 1.25. The van der Waals surface area contributed by atoms with Crippen LogP contribution in [0.25, 0.3) is 0 Å². The normalized spacial score (nSPS) is 15.3. The van der Waals surface area contributed by atoms with Crippen molar-refractivity contribution in [2.24, 2.45) is 5.92 Å². The number of methoxy groups -OCH3 is 1. The van der Waals surface area contributed by atoms with Crippen LogP contribution in [0.1, 0.15) is 36.0 Å². The third kappa shape index (κ3) is 3.10. The second-order valence-electron chi connectivity index (χ2n) is 4.66. The van der Waals surface area contributed by atoms with Crippen LogP contribution in [0.3, 0.4) is 0 Å². The van der Waals surface area contributed by atoms with E-state index in [0.717, 1.165) is 31.7 Å². The smallest absolute Gasteiger partial charge is 0.337 e. The predicted octanol–water partition coefficient (Wildman–Crippen LogP) is 2.74. The maximum Gasteiger partial charge on any atom is 0.337 e. The largest absolute Gasteiger partial charge is 0.465 e. The van der Waals surface area contributed by atoms with E-state index in [2.05, 4.69) is 10.1 Å². The van der Waals surface area contributed by atoms with E-state index in [9.17, 15) is 14.0 Å². The molecule has 0 aliphatic heterocycles. The summed E-state index contributed by atoms with van der Waals surface area (Å²) in [6.45, 7) is 0. The molecular weight excluding hydrogens is 249 g/mol. The van der Waals surface area contributed by atoms with E-state index in [0.29, 0.717) is 0 Å². The van der Waals surface area contributed by atoms with E-state index in [4.69, 9.17) is 0 Å². The second kappa shape index (κ2) is 5.82. The van der Waals surface area contributed by atoms with Crippen LogP contribution in [-0.4, -0.2) is 19.0 Å². The summed E-state index contributed by atoms with van der Waals surface area (Å²) in [6.07, 6.45) is 3.74. The Morgan fingerprint density at radius 3 is 2.63 bits per heavy atom. The molecule has 1 aliphatic carbocycles. The Morgan fingerprint density at radius 2 is 2.00 bits per heavy atom. The fraction of sp³-hybridized carbons (Fsp3) is 0.429. The Labute approximate surface area is 110 Å². The van der Waals surface area contributed by atoms with Gasteiger partial charge in [-0.05, 0) is 31.0 Å². The van der Waals surface area contributed by atoms with Crippen molar-refractivity contribution in [2.75, 3.05) is 12.4 Å². The minimum atomic E-state index is -0.559. The maximum atomic E-state index is 13.6. The highest BCUT2D eigenvalue weighted by Crippen LogP contribution is 2.26. The lowest BCUT2D eigenvalue weighted by molar-refractivity contribution is -0.119. The zero-order chi connectivity index (χ0) is 13.8. The Kier molecular flexibility index (Phi) is 4.14. The number of hydrogen-bond donors (Lipinski definition) is 1. The van der Waals surface area contributed by atoms with Gasteiger partial charge in [0.05, 0.1) is 18.4 Å². The second-order valence-corrected chi connectivity index (χ2v) is 4.66. The van der Waals surface area contributed by atoms with E-state index in [1.807, 2.05) is 0 Å². The molecule has 0 bridgehead atoms. The number of carbonyl (C=O) groups is 2. The number of anilines is 1. The van der Waals surface area contributed by atoms with Crippen LogP contribution in [0, 0.1) is 11.7 Å². The highest BCUT2D eigenvalue weighted by atomic mass is 19.1. The van der Waals surface area contributed by atoms with Crippen molar-refractivity contribution in [1.82, 2.24) is 0 Å². The van der Waals surface area contributed by atoms with Crippen molar-refractivity contribution >= 4 is 17.6 Å². The summed E-state index contributed by atoms with van der Waals surface area (Å²) in [6, 6.07) is 3.77. The first kappa shape index (κ1) is 13.5. The summed E-state index contributed by atoms with van der Waals surface area (Å²) in [5.41, 5.74) is 0.241. The van der Waals surface area contributed by atoms with Gasteiger partial charge in [0, 0.05) is 5.92 Å². The fourth-order valence-corrected chi connectivity index (χ4v) is 2.29. The van der Waals surface area contributed by atoms with E-state index in [1.165, 1.54) is 19.2 Å². The van der Waals surface area contributed by atoms with Gasteiger partial charge < -0.3 is 10.1 Å². The van der Waals surface area contributed by atoms with Gasteiger partial charge in [0.1, 0.15) is 5.82 Å². The van der Waals surface area contributed by atoms with Gasteiger partial charge in [-0.2, -0.15) is 0 Å². The lowest BCUT2D eigenvalue weighted by atomic mass is 10.1. The van der Waals surface area contributed by atoms with E-state index >= 15 is 0 Å². The first-order valence-corrected chi connectivity index (χ1v) is 6.30. The molecule has 0 radical (unpaired) electrons. The van der Waals surface area contributed by atoms with Crippen LogP contribution < -0.4 is 5.32 Å². The Balaban J connectivity index is 2.14. The van der Waals surface area contributed by atoms with E-state index < -0.39 is 11.8 Å². The molecule has 4 nitrogen and oxygen atoms in total. The number of halogens is 1. The molecule has 0 saturated heterocycles. The maximum absolute atomic E-state index is 13.6. The number of esters is 1. The Bertz CT molecular complexity index is 495. The molecule has 1 fully saturated rings. The van der Waals surface area contributed by atoms with Gasteiger partial charge in [-0.25, -0.2) is 9.18 Å². The molecule has 2 rings (SSSR count). The first-order valence-electron chi connectivity index (χ1n) is 6.30. The van der Waals surface area contributed by atoms with Gasteiger partial charge in [-0.15, -0.1) is 0 Å². The average Bonchev–Trinajstić information content (AvgIpc) is 2.94. The van der Waals surface area contributed by atoms with Crippen molar-refractivity contribution in [3.05, 3.63) is 29.6 Å². The molecule has 1 amide bonds. The number of hydrogen-bond acceptors (Lipinski definition) is 3. The third-order valence-electron chi connectivity index (χ3n) is 3.37. The molecule has 1 N–H and O–H groups in total. The lowest BCUT2D eigenvalue weighted by Crippen LogP contribution is -2.21. The standard InChI is InChI=1S/C14H16FNO3/c1-19-14(18)10-6-7-11(15)12(8-10)16-13(17)9-4-2-3-5-9/h6-9H,2-5H2,1H3,(H,16,17). The predicted molar refractivity (Wildman–Crippen MR) is 68.3 cm³/mol. The first-order chi connectivity index (χ1) is 9.11. The highest BCUT2D eigenvalue weighted by molar-refractivity contribution is 5.95. The SMILES string of the molecule is COC(=O)c1ccc(F)c(NC(=O)C2CCCC2)c1. The summed E-state index contributed by atoms with van der Waals surface area (Å²) in [5.74, 6) is -1.35. The molecule has 1 aliphatic rings. The molecule has 0 aromatic heterocycles. The van der Waals surface area contributed by atoms with Gasteiger partial charge in [-0.1, -0.05) is 12.8 Å². The monoisotopic (exact) mass is 265 g/mol. The van der Waals surface area contributed by atoms with Crippen molar-refractivity contribution < 1.29 is 18.7 Å².